The highest BCUT2D eigenvalue weighted by atomic mass is 16.5. The molecular weight excluding hydrogens is 272 g/mol. The van der Waals surface area contributed by atoms with Gasteiger partial charge in [-0.3, -0.25) is 0 Å². The summed E-state index contributed by atoms with van der Waals surface area (Å²) in [5.41, 5.74) is 2.28. The van der Waals surface area contributed by atoms with Crippen LogP contribution < -0.4 is 0 Å². The second-order valence-corrected chi connectivity index (χ2v) is 4.99. The summed E-state index contributed by atoms with van der Waals surface area (Å²) < 4.78 is 11.3. The summed E-state index contributed by atoms with van der Waals surface area (Å²) in [4.78, 5) is 0. The van der Waals surface area contributed by atoms with Crippen molar-refractivity contribution in [1.29, 1.82) is 0 Å². The van der Waals surface area contributed by atoms with Gasteiger partial charge in [-0.2, -0.15) is 0 Å². The Morgan fingerprint density at radius 2 is 1.59 bits per heavy atom. The van der Waals surface area contributed by atoms with Gasteiger partial charge in [0.25, 0.3) is 0 Å². The van der Waals surface area contributed by atoms with Crippen LogP contribution in [0.25, 0.3) is 6.08 Å². The van der Waals surface area contributed by atoms with E-state index in [9.17, 15) is 0 Å². The highest BCUT2D eigenvalue weighted by Gasteiger charge is 2.09. The van der Waals surface area contributed by atoms with Crippen molar-refractivity contribution in [3.8, 4) is 0 Å². The lowest BCUT2D eigenvalue weighted by Crippen LogP contribution is -2.01. The lowest BCUT2D eigenvalue weighted by atomic mass is 10.1. The molecule has 2 heteroatoms. The third-order valence-corrected chi connectivity index (χ3v) is 3.38. The first-order chi connectivity index (χ1) is 10.9. The van der Waals surface area contributed by atoms with Crippen LogP contribution in [0.3, 0.4) is 0 Å². The van der Waals surface area contributed by atoms with Crippen LogP contribution in [0.2, 0.25) is 0 Å². The fraction of sp³-hybridized carbons (Fsp3) is 0.100. The smallest absolute Gasteiger partial charge is 0.129 e. The van der Waals surface area contributed by atoms with Gasteiger partial charge in [-0.05, 0) is 23.3 Å². The molecular formula is C20H18O2. The first-order valence-electron chi connectivity index (χ1n) is 7.34. The molecule has 0 saturated heterocycles. The Labute approximate surface area is 130 Å². The molecule has 2 nitrogen and oxygen atoms in total. The van der Waals surface area contributed by atoms with Gasteiger partial charge < -0.3 is 9.15 Å². The van der Waals surface area contributed by atoms with Gasteiger partial charge in [0.1, 0.15) is 18.5 Å². The molecule has 1 atom stereocenters. The summed E-state index contributed by atoms with van der Waals surface area (Å²) in [6.07, 6.45) is 5.72. The lowest BCUT2D eigenvalue weighted by molar-refractivity contribution is 0.0606. The Kier molecular flexibility index (Phi) is 4.85. The molecule has 0 bridgehead atoms. The molecule has 22 heavy (non-hydrogen) atoms. The van der Waals surface area contributed by atoms with Gasteiger partial charge in [0.2, 0.25) is 0 Å². The van der Waals surface area contributed by atoms with Crippen LogP contribution >= 0.6 is 0 Å². The zero-order valence-electron chi connectivity index (χ0n) is 12.3. The number of ether oxygens (including phenoxy) is 1. The van der Waals surface area contributed by atoms with Crippen molar-refractivity contribution in [2.45, 2.75) is 12.7 Å². The Morgan fingerprint density at radius 3 is 2.27 bits per heavy atom. The van der Waals surface area contributed by atoms with Gasteiger partial charge in [-0.1, -0.05) is 72.8 Å². The predicted octanol–water partition coefficient (Wildman–Crippen LogP) is 5.25. The van der Waals surface area contributed by atoms with Crippen LogP contribution in [-0.4, -0.2) is 0 Å². The normalized spacial score (nSPS) is 12.5. The average Bonchev–Trinajstić information content (AvgIpc) is 3.10. The van der Waals surface area contributed by atoms with Gasteiger partial charge >= 0.3 is 0 Å². The van der Waals surface area contributed by atoms with Gasteiger partial charge in [0, 0.05) is 0 Å². The Morgan fingerprint density at radius 1 is 0.864 bits per heavy atom. The van der Waals surface area contributed by atoms with Crippen molar-refractivity contribution in [2.24, 2.45) is 0 Å². The fourth-order valence-corrected chi connectivity index (χ4v) is 2.23. The van der Waals surface area contributed by atoms with E-state index < -0.39 is 0 Å². The Balaban J connectivity index is 1.75. The fourth-order valence-electron chi connectivity index (χ4n) is 2.23. The molecule has 0 fully saturated rings. The molecule has 2 aromatic carbocycles. The zero-order chi connectivity index (χ0) is 15.0. The molecule has 0 unspecified atom stereocenters. The molecule has 110 valence electrons. The minimum Gasteiger partial charge on any atom is -0.467 e. The summed E-state index contributed by atoms with van der Waals surface area (Å²) in [5, 5.41) is 0. The molecule has 3 rings (SSSR count). The molecule has 1 heterocycles. The molecule has 3 aromatic rings. The van der Waals surface area contributed by atoms with Crippen molar-refractivity contribution < 1.29 is 9.15 Å². The molecule has 0 amide bonds. The van der Waals surface area contributed by atoms with Gasteiger partial charge in [-0.15, -0.1) is 0 Å². The van der Waals surface area contributed by atoms with Gasteiger partial charge in [0.05, 0.1) is 6.26 Å². The van der Waals surface area contributed by atoms with Crippen LogP contribution in [-0.2, 0) is 11.3 Å². The van der Waals surface area contributed by atoms with Crippen LogP contribution in [0.5, 0.6) is 0 Å². The topological polar surface area (TPSA) is 22.4 Å². The number of hydrogen-bond acceptors (Lipinski definition) is 2. The third-order valence-electron chi connectivity index (χ3n) is 3.38. The van der Waals surface area contributed by atoms with Crippen molar-refractivity contribution in [1.82, 2.24) is 0 Å². The largest absolute Gasteiger partial charge is 0.467 e. The molecule has 0 N–H and O–H groups in total. The summed E-state index contributed by atoms with van der Waals surface area (Å²) in [6.45, 7) is 0.450. The quantitative estimate of drug-likeness (QED) is 0.618. The van der Waals surface area contributed by atoms with Crippen molar-refractivity contribution >= 4 is 6.08 Å². The maximum atomic E-state index is 6.01. The zero-order valence-corrected chi connectivity index (χ0v) is 12.3. The van der Waals surface area contributed by atoms with E-state index in [0.29, 0.717) is 6.61 Å². The van der Waals surface area contributed by atoms with Crippen LogP contribution in [0.1, 0.15) is 23.0 Å². The summed E-state index contributed by atoms with van der Waals surface area (Å²) in [5.74, 6) is 0.828. The summed E-state index contributed by atoms with van der Waals surface area (Å²) >= 11 is 0. The molecule has 0 aliphatic rings. The van der Waals surface area contributed by atoms with Crippen LogP contribution in [0.15, 0.2) is 89.6 Å². The maximum absolute atomic E-state index is 6.01. The number of hydrogen-bond donors (Lipinski definition) is 0. The standard InChI is InChI=1S/C20H18O2/c1-3-8-17(9-4-1)13-14-20(18-10-5-2-6-11-18)22-16-19-12-7-15-21-19/h1-15,20H,16H2/b14-13+/t20-/m0/s1. The van der Waals surface area contributed by atoms with E-state index in [-0.39, 0.29) is 6.10 Å². The Bertz CT molecular complexity index is 685. The molecule has 0 aliphatic heterocycles. The minimum absolute atomic E-state index is 0.105. The van der Waals surface area contributed by atoms with Gasteiger partial charge in [-0.25, -0.2) is 0 Å². The first-order valence-corrected chi connectivity index (χ1v) is 7.34. The summed E-state index contributed by atoms with van der Waals surface area (Å²) in [7, 11) is 0. The number of rotatable bonds is 6. The molecule has 0 spiro atoms. The summed E-state index contributed by atoms with van der Waals surface area (Å²) in [6, 6.07) is 24.2. The molecule has 0 saturated carbocycles. The maximum Gasteiger partial charge on any atom is 0.129 e. The average molecular weight is 290 g/mol. The molecule has 0 radical (unpaired) electrons. The van der Waals surface area contributed by atoms with E-state index in [2.05, 4.69) is 36.4 Å². The van der Waals surface area contributed by atoms with Crippen molar-refractivity contribution in [3.05, 3.63) is 102 Å². The monoisotopic (exact) mass is 290 g/mol. The highest BCUT2D eigenvalue weighted by Crippen LogP contribution is 2.22. The van der Waals surface area contributed by atoms with E-state index in [1.165, 1.54) is 0 Å². The van der Waals surface area contributed by atoms with E-state index in [1.807, 2.05) is 48.5 Å². The third kappa shape index (κ3) is 3.96. The predicted molar refractivity (Wildman–Crippen MR) is 88.2 cm³/mol. The first kappa shape index (κ1) is 14.4. The van der Waals surface area contributed by atoms with Crippen LogP contribution in [0.4, 0.5) is 0 Å². The molecule has 1 aromatic heterocycles. The molecule has 0 aliphatic carbocycles. The number of benzene rings is 2. The highest BCUT2D eigenvalue weighted by molar-refractivity contribution is 5.50. The van der Waals surface area contributed by atoms with Crippen molar-refractivity contribution in [3.63, 3.8) is 0 Å². The SMILES string of the molecule is C(=C\[C@H](OCc1ccco1)c1ccccc1)/c1ccccc1. The minimum atomic E-state index is -0.105. The van der Waals surface area contributed by atoms with E-state index in [1.54, 1.807) is 6.26 Å². The van der Waals surface area contributed by atoms with E-state index in [4.69, 9.17) is 9.15 Å². The Hall–Kier alpha value is -2.58. The van der Waals surface area contributed by atoms with Crippen molar-refractivity contribution in [2.75, 3.05) is 0 Å². The lowest BCUT2D eigenvalue weighted by Gasteiger charge is -2.14. The number of furan rings is 1. The van der Waals surface area contributed by atoms with Gasteiger partial charge in [0.15, 0.2) is 0 Å². The second kappa shape index (κ2) is 7.43. The second-order valence-electron chi connectivity index (χ2n) is 4.99. The van der Waals surface area contributed by atoms with E-state index >= 15 is 0 Å². The van der Waals surface area contributed by atoms with E-state index in [0.717, 1.165) is 16.9 Å². The van der Waals surface area contributed by atoms with Crippen LogP contribution in [0, 0.1) is 0 Å².